The Hall–Kier alpha value is -2.15. The molecule has 1 saturated heterocycles. The summed E-state index contributed by atoms with van der Waals surface area (Å²) >= 11 is 0. The number of imidazole rings is 1. The third-order valence-corrected chi connectivity index (χ3v) is 3.56. The summed E-state index contributed by atoms with van der Waals surface area (Å²) in [5.74, 6) is 0. The van der Waals surface area contributed by atoms with Crippen molar-refractivity contribution in [2.45, 2.75) is 32.4 Å². The molecule has 2 aromatic heterocycles. The van der Waals surface area contributed by atoms with Crippen molar-refractivity contribution in [3.63, 3.8) is 0 Å². The number of hydrogen-bond acceptors (Lipinski definition) is 5. The lowest BCUT2D eigenvalue weighted by atomic mass is 10.1. The molecule has 0 radical (unpaired) electrons. The predicted octanol–water partition coefficient (Wildman–Crippen LogP) is 1.61. The first-order valence-electron chi connectivity index (χ1n) is 7.43. The molecule has 7 nitrogen and oxygen atoms in total. The van der Waals surface area contributed by atoms with Gasteiger partial charge in [0.1, 0.15) is 5.60 Å². The molecule has 3 rings (SSSR count). The first-order valence-corrected chi connectivity index (χ1v) is 7.43. The quantitative estimate of drug-likeness (QED) is 0.866. The maximum absolute atomic E-state index is 12.5. The van der Waals surface area contributed by atoms with Gasteiger partial charge in [-0.05, 0) is 20.8 Å². The molecule has 1 unspecified atom stereocenters. The molecule has 7 heteroatoms. The molecule has 0 aliphatic carbocycles. The standard InChI is InChI=1S/C15H21N5O2/c1-15(2,3)22-14(21)20-7-5-16-8-11(20)12-9-18-13-10-17-4-6-19(12)13/h4,6,9-11,16H,5,7-8H2,1-3H3. The van der Waals surface area contributed by atoms with Gasteiger partial charge in [-0.15, -0.1) is 0 Å². The van der Waals surface area contributed by atoms with E-state index in [9.17, 15) is 4.79 Å². The van der Waals surface area contributed by atoms with Gasteiger partial charge in [0.25, 0.3) is 0 Å². The summed E-state index contributed by atoms with van der Waals surface area (Å²) in [6.07, 6.45) is 6.79. The monoisotopic (exact) mass is 303 g/mol. The van der Waals surface area contributed by atoms with Crippen LogP contribution in [0.15, 0.2) is 24.8 Å². The Balaban J connectivity index is 1.91. The number of nitrogens with one attached hydrogen (secondary N) is 1. The minimum atomic E-state index is -0.504. The van der Waals surface area contributed by atoms with Gasteiger partial charge in [-0.1, -0.05) is 0 Å². The molecule has 1 fully saturated rings. The molecule has 0 saturated carbocycles. The van der Waals surface area contributed by atoms with Crippen LogP contribution in [0.25, 0.3) is 5.65 Å². The van der Waals surface area contributed by atoms with Crippen molar-refractivity contribution in [3.05, 3.63) is 30.5 Å². The topological polar surface area (TPSA) is 71.8 Å². The normalized spacial score (nSPS) is 19.4. The van der Waals surface area contributed by atoms with Gasteiger partial charge in [-0.2, -0.15) is 0 Å². The van der Waals surface area contributed by atoms with Crippen LogP contribution in [0.3, 0.4) is 0 Å². The van der Waals surface area contributed by atoms with Crippen LogP contribution < -0.4 is 5.32 Å². The summed E-state index contributed by atoms with van der Waals surface area (Å²) in [5.41, 5.74) is 1.22. The lowest BCUT2D eigenvalue weighted by molar-refractivity contribution is 0.0112. The Morgan fingerprint density at radius 1 is 1.41 bits per heavy atom. The molecule has 22 heavy (non-hydrogen) atoms. The summed E-state index contributed by atoms with van der Waals surface area (Å²) in [6.45, 7) is 7.67. The SMILES string of the molecule is CC(C)(C)OC(=O)N1CCNCC1c1cnc2cnccn12. The summed E-state index contributed by atoms with van der Waals surface area (Å²) in [7, 11) is 0. The smallest absolute Gasteiger partial charge is 0.410 e. The second-order valence-corrected chi connectivity index (χ2v) is 6.38. The minimum absolute atomic E-state index is 0.110. The van der Waals surface area contributed by atoms with Crippen molar-refractivity contribution in [1.82, 2.24) is 24.6 Å². The summed E-state index contributed by atoms with van der Waals surface area (Å²) < 4.78 is 7.50. The van der Waals surface area contributed by atoms with E-state index >= 15 is 0 Å². The van der Waals surface area contributed by atoms with E-state index in [1.165, 1.54) is 0 Å². The second-order valence-electron chi connectivity index (χ2n) is 6.38. The van der Waals surface area contributed by atoms with Gasteiger partial charge in [0.2, 0.25) is 0 Å². The summed E-state index contributed by atoms with van der Waals surface area (Å²) in [4.78, 5) is 22.7. The lowest BCUT2D eigenvalue weighted by Gasteiger charge is -2.36. The zero-order valence-electron chi connectivity index (χ0n) is 13.1. The van der Waals surface area contributed by atoms with E-state index in [1.807, 2.05) is 31.4 Å². The van der Waals surface area contributed by atoms with Crippen LogP contribution in [0, 0.1) is 0 Å². The van der Waals surface area contributed by atoms with Crippen LogP contribution >= 0.6 is 0 Å². The zero-order chi connectivity index (χ0) is 15.7. The van der Waals surface area contributed by atoms with Gasteiger partial charge in [-0.3, -0.25) is 14.3 Å². The molecule has 1 amide bonds. The number of hydrogen-bond donors (Lipinski definition) is 1. The van der Waals surface area contributed by atoms with E-state index in [4.69, 9.17) is 4.74 Å². The Bertz CT molecular complexity index is 676. The maximum Gasteiger partial charge on any atom is 0.410 e. The van der Waals surface area contributed by atoms with E-state index in [0.29, 0.717) is 13.1 Å². The Labute approximate surface area is 129 Å². The molecule has 1 aliphatic rings. The first-order chi connectivity index (χ1) is 10.5. The molecule has 3 heterocycles. The molecule has 1 N–H and O–H groups in total. The van der Waals surface area contributed by atoms with Gasteiger partial charge < -0.3 is 10.1 Å². The van der Waals surface area contributed by atoms with Crippen molar-refractivity contribution in [2.24, 2.45) is 0 Å². The second kappa shape index (κ2) is 5.57. The van der Waals surface area contributed by atoms with Gasteiger partial charge in [0.05, 0.1) is 24.1 Å². The predicted molar refractivity (Wildman–Crippen MR) is 81.5 cm³/mol. The van der Waals surface area contributed by atoms with E-state index in [0.717, 1.165) is 17.9 Å². The third kappa shape index (κ3) is 2.89. The molecule has 1 atom stereocenters. The van der Waals surface area contributed by atoms with Crippen molar-refractivity contribution in [3.8, 4) is 0 Å². The molecule has 0 bridgehead atoms. The van der Waals surface area contributed by atoms with Gasteiger partial charge in [0, 0.05) is 32.0 Å². The van der Waals surface area contributed by atoms with E-state index in [1.54, 1.807) is 23.5 Å². The van der Waals surface area contributed by atoms with Crippen LogP contribution in [-0.4, -0.2) is 50.6 Å². The first kappa shape index (κ1) is 14.8. The van der Waals surface area contributed by atoms with Crippen molar-refractivity contribution < 1.29 is 9.53 Å². The molecular weight excluding hydrogens is 282 g/mol. The highest BCUT2D eigenvalue weighted by Crippen LogP contribution is 2.25. The number of piperazine rings is 1. The minimum Gasteiger partial charge on any atom is -0.444 e. The van der Waals surface area contributed by atoms with E-state index in [-0.39, 0.29) is 12.1 Å². The number of amides is 1. The van der Waals surface area contributed by atoms with Crippen LogP contribution in [0.1, 0.15) is 32.5 Å². The molecule has 1 aliphatic heterocycles. The zero-order valence-corrected chi connectivity index (χ0v) is 13.1. The number of ether oxygens (including phenoxy) is 1. The highest BCUT2D eigenvalue weighted by Gasteiger charge is 2.33. The average Bonchev–Trinajstić information content (AvgIpc) is 2.89. The largest absolute Gasteiger partial charge is 0.444 e. The van der Waals surface area contributed by atoms with Crippen LogP contribution in [0.2, 0.25) is 0 Å². The molecule has 0 spiro atoms. The average molecular weight is 303 g/mol. The van der Waals surface area contributed by atoms with Gasteiger partial charge in [0.15, 0.2) is 5.65 Å². The van der Waals surface area contributed by atoms with Crippen LogP contribution in [0.4, 0.5) is 4.79 Å². The van der Waals surface area contributed by atoms with Crippen LogP contribution in [-0.2, 0) is 4.74 Å². The van der Waals surface area contributed by atoms with Crippen molar-refractivity contribution in [2.75, 3.05) is 19.6 Å². The van der Waals surface area contributed by atoms with E-state index in [2.05, 4.69) is 15.3 Å². The number of nitrogens with zero attached hydrogens (tertiary/aromatic N) is 4. The van der Waals surface area contributed by atoms with Crippen LogP contribution in [0.5, 0.6) is 0 Å². The fourth-order valence-electron chi connectivity index (χ4n) is 2.62. The Morgan fingerprint density at radius 2 is 2.23 bits per heavy atom. The molecule has 118 valence electrons. The number of rotatable bonds is 1. The van der Waals surface area contributed by atoms with Crippen molar-refractivity contribution in [1.29, 1.82) is 0 Å². The summed E-state index contributed by atoms with van der Waals surface area (Å²) in [5, 5.41) is 3.33. The molecule has 0 aromatic carbocycles. The van der Waals surface area contributed by atoms with E-state index < -0.39 is 5.60 Å². The van der Waals surface area contributed by atoms with Gasteiger partial charge in [-0.25, -0.2) is 9.78 Å². The lowest BCUT2D eigenvalue weighted by Crippen LogP contribution is -2.50. The molecule has 2 aromatic rings. The number of aromatic nitrogens is 3. The Kier molecular flexibility index (Phi) is 3.74. The highest BCUT2D eigenvalue weighted by atomic mass is 16.6. The summed E-state index contributed by atoms with van der Waals surface area (Å²) in [6, 6.07) is -0.110. The number of carbonyl (C=O) groups is 1. The molecular formula is C15H21N5O2. The number of carbonyl (C=O) groups excluding carboxylic acids is 1. The highest BCUT2D eigenvalue weighted by molar-refractivity contribution is 5.69. The maximum atomic E-state index is 12.5. The van der Waals surface area contributed by atoms with Crippen molar-refractivity contribution >= 4 is 11.7 Å². The number of fused-ring (bicyclic) bond motifs is 1. The fourth-order valence-corrected chi connectivity index (χ4v) is 2.62. The third-order valence-electron chi connectivity index (χ3n) is 3.56. The fraction of sp³-hybridized carbons (Fsp3) is 0.533. The van der Waals surface area contributed by atoms with Gasteiger partial charge >= 0.3 is 6.09 Å². The Morgan fingerprint density at radius 3 is 3.00 bits per heavy atom.